The summed E-state index contributed by atoms with van der Waals surface area (Å²) < 4.78 is 6.58. The number of hydrogen-bond donors (Lipinski definition) is 3. The molecule has 206 valence electrons. The minimum absolute atomic E-state index is 0.00300. The first kappa shape index (κ1) is 28.1. The molecule has 39 heavy (non-hydrogen) atoms. The molecule has 9 heteroatoms. The molecule has 0 fully saturated rings. The number of nitrogens with zero attached hydrogens (tertiary/aromatic N) is 3. The van der Waals surface area contributed by atoms with Crippen LogP contribution in [0.1, 0.15) is 25.0 Å². The van der Waals surface area contributed by atoms with Crippen LogP contribution >= 0.6 is 0 Å². The molecule has 0 saturated heterocycles. The number of fused-ring (bicyclic) bond motifs is 1. The molecule has 1 aliphatic rings. The fraction of sp³-hybridized carbons (Fsp3) is 0.367. The van der Waals surface area contributed by atoms with Crippen LogP contribution in [0.3, 0.4) is 0 Å². The predicted molar refractivity (Wildman–Crippen MR) is 152 cm³/mol. The molecule has 0 radical (unpaired) electrons. The van der Waals surface area contributed by atoms with Gasteiger partial charge in [-0.3, -0.25) is 14.7 Å². The standard InChI is InChI=1S/C30H37N5O4/c1-21-17-35(22(2)20-36)29(37)16-24-15-26(33-30(38)32-25-7-5-4-6-8-25)9-10-27(24)39-28(21)19-34(3)18-23-11-13-31-14-12-23/h4-15,21-22,28,36H,16-20H2,1-3H3,(H2,32,33,38)/t21?,22-,28-/m0/s1. The number of aliphatic hydroxyl groups is 1. The number of amides is 3. The van der Waals surface area contributed by atoms with Crippen molar-refractivity contribution in [2.75, 3.05) is 37.4 Å². The van der Waals surface area contributed by atoms with Crippen LogP contribution in [0.4, 0.5) is 16.2 Å². The summed E-state index contributed by atoms with van der Waals surface area (Å²) in [6.07, 6.45) is 3.45. The quantitative estimate of drug-likeness (QED) is 0.406. The van der Waals surface area contributed by atoms with Crippen LogP contribution in [0.15, 0.2) is 73.1 Å². The van der Waals surface area contributed by atoms with E-state index in [-0.39, 0.29) is 43.0 Å². The zero-order valence-electron chi connectivity index (χ0n) is 22.7. The number of benzene rings is 2. The molecule has 3 aromatic rings. The number of aliphatic hydroxyl groups excluding tert-OH is 1. The van der Waals surface area contributed by atoms with Crippen molar-refractivity contribution in [3.8, 4) is 5.75 Å². The van der Waals surface area contributed by atoms with Gasteiger partial charge in [0.1, 0.15) is 11.9 Å². The number of rotatable bonds is 8. The van der Waals surface area contributed by atoms with Gasteiger partial charge in [0.25, 0.3) is 0 Å². The van der Waals surface area contributed by atoms with Crippen molar-refractivity contribution in [1.82, 2.24) is 14.8 Å². The lowest BCUT2D eigenvalue weighted by Gasteiger charge is -2.34. The molecule has 1 aliphatic heterocycles. The Morgan fingerprint density at radius 3 is 2.56 bits per heavy atom. The van der Waals surface area contributed by atoms with E-state index in [9.17, 15) is 14.7 Å². The van der Waals surface area contributed by atoms with Crippen LogP contribution in [0.2, 0.25) is 0 Å². The maximum Gasteiger partial charge on any atom is 0.323 e. The molecular weight excluding hydrogens is 494 g/mol. The second-order valence-electron chi connectivity index (χ2n) is 10.2. The Morgan fingerprint density at radius 1 is 1.13 bits per heavy atom. The number of likely N-dealkylation sites (N-methyl/N-ethyl adjacent to an activating group) is 1. The summed E-state index contributed by atoms with van der Waals surface area (Å²) in [6, 6.07) is 17.8. The molecule has 3 N–H and O–H groups in total. The number of aromatic nitrogens is 1. The van der Waals surface area contributed by atoms with E-state index in [1.807, 2.05) is 50.4 Å². The summed E-state index contributed by atoms with van der Waals surface area (Å²) in [5.74, 6) is 0.526. The van der Waals surface area contributed by atoms with E-state index in [0.717, 1.165) is 12.1 Å². The minimum atomic E-state index is -0.378. The van der Waals surface area contributed by atoms with Crippen LogP contribution < -0.4 is 15.4 Å². The number of pyridine rings is 1. The Balaban J connectivity index is 1.56. The number of anilines is 2. The lowest BCUT2D eigenvalue weighted by molar-refractivity contribution is -0.134. The first-order valence-electron chi connectivity index (χ1n) is 13.2. The lowest BCUT2D eigenvalue weighted by atomic mass is 10.0. The van der Waals surface area contributed by atoms with Crippen molar-refractivity contribution >= 4 is 23.3 Å². The Hall–Kier alpha value is -3.95. The SMILES string of the molecule is CC1CN([C@@H](C)CO)C(=O)Cc2cc(NC(=O)Nc3ccccc3)ccc2O[C@H]1CN(C)Cc1ccncc1. The molecule has 2 heterocycles. The molecule has 3 amide bonds. The highest BCUT2D eigenvalue weighted by Crippen LogP contribution is 2.29. The maximum atomic E-state index is 13.4. The average molecular weight is 532 g/mol. The summed E-state index contributed by atoms with van der Waals surface area (Å²) >= 11 is 0. The third-order valence-corrected chi connectivity index (χ3v) is 6.90. The third kappa shape index (κ3) is 7.78. The van der Waals surface area contributed by atoms with Gasteiger partial charge in [0.05, 0.1) is 19.1 Å². The van der Waals surface area contributed by atoms with Gasteiger partial charge < -0.3 is 25.4 Å². The normalized spacial score (nSPS) is 18.3. The molecule has 3 atom stereocenters. The fourth-order valence-corrected chi connectivity index (χ4v) is 4.71. The molecule has 0 aliphatic carbocycles. The molecular formula is C30H37N5O4. The minimum Gasteiger partial charge on any atom is -0.488 e. The van der Waals surface area contributed by atoms with E-state index in [0.29, 0.717) is 35.8 Å². The van der Waals surface area contributed by atoms with E-state index in [2.05, 4.69) is 27.4 Å². The highest BCUT2D eigenvalue weighted by Gasteiger charge is 2.31. The molecule has 1 aromatic heterocycles. The van der Waals surface area contributed by atoms with Gasteiger partial charge in [0.15, 0.2) is 0 Å². The predicted octanol–water partition coefficient (Wildman–Crippen LogP) is 4.01. The van der Waals surface area contributed by atoms with E-state index in [1.54, 1.807) is 41.6 Å². The summed E-state index contributed by atoms with van der Waals surface area (Å²) in [7, 11) is 2.04. The van der Waals surface area contributed by atoms with Crippen LogP contribution in [-0.4, -0.2) is 70.7 Å². The van der Waals surface area contributed by atoms with Gasteiger partial charge in [-0.15, -0.1) is 0 Å². The van der Waals surface area contributed by atoms with Gasteiger partial charge in [-0.05, 0) is 62.0 Å². The van der Waals surface area contributed by atoms with Gasteiger partial charge in [-0.25, -0.2) is 4.79 Å². The Morgan fingerprint density at radius 2 is 1.85 bits per heavy atom. The summed E-state index contributed by atoms with van der Waals surface area (Å²) in [6.45, 7) is 5.63. The number of hydrogen-bond acceptors (Lipinski definition) is 6. The van der Waals surface area contributed by atoms with Crippen molar-refractivity contribution < 1.29 is 19.4 Å². The Bertz CT molecular complexity index is 1240. The highest BCUT2D eigenvalue weighted by atomic mass is 16.5. The number of nitrogens with one attached hydrogen (secondary N) is 2. The van der Waals surface area contributed by atoms with Crippen LogP contribution in [0, 0.1) is 5.92 Å². The number of carbonyl (C=O) groups excluding carboxylic acids is 2. The summed E-state index contributed by atoms with van der Waals surface area (Å²) in [5.41, 5.74) is 3.07. The van der Waals surface area contributed by atoms with E-state index >= 15 is 0 Å². The van der Waals surface area contributed by atoms with Gasteiger partial charge >= 0.3 is 6.03 Å². The van der Waals surface area contributed by atoms with Crippen molar-refractivity contribution in [2.45, 2.75) is 39.0 Å². The molecule has 0 bridgehead atoms. The number of ether oxygens (including phenoxy) is 1. The smallest absolute Gasteiger partial charge is 0.323 e. The third-order valence-electron chi connectivity index (χ3n) is 6.90. The molecule has 2 aromatic carbocycles. The largest absolute Gasteiger partial charge is 0.488 e. The van der Waals surface area contributed by atoms with Crippen LogP contribution in [0.5, 0.6) is 5.75 Å². The molecule has 1 unspecified atom stereocenters. The zero-order valence-corrected chi connectivity index (χ0v) is 22.7. The molecule has 4 rings (SSSR count). The Kier molecular flexibility index (Phi) is 9.51. The first-order valence-corrected chi connectivity index (χ1v) is 13.2. The van der Waals surface area contributed by atoms with E-state index in [1.165, 1.54) is 0 Å². The maximum absolute atomic E-state index is 13.4. The zero-order chi connectivity index (χ0) is 27.8. The van der Waals surface area contributed by atoms with E-state index < -0.39 is 0 Å². The second kappa shape index (κ2) is 13.2. The van der Waals surface area contributed by atoms with Crippen molar-refractivity contribution in [3.05, 3.63) is 84.2 Å². The van der Waals surface area contributed by atoms with Crippen molar-refractivity contribution in [3.63, 3.8) is 0 Å². The number of para-hydroxylation sites is 1. The second-order valence-corrected chi connectivity index (χ2v) is 10.2. The first-order chi connectivity index (χ1) is 18.8. The van der Waals surface area contributed by atoms with Crippen molar-refractivity contribution in [1.29, 1.82) is 0 Å². The monoisotopic (exact) mass is 531 g/mol. The van der Waals surface area contributed by atoms with Gasteiger partial charge in [-0.2, -0.15) is 0 Å². The van der Waals surface area contributed by atoms with Gasteiger partial charge in [0, 0.05) is 54.9 Å². The highest BCUT2D eigenvalue weighted by molar-refractivity contribution is 5.99. The van der Waals surface area contributed by atoms with Crippen LogP contribution in [-0.2, 0) is 17.8 Å². The van der Waals surface area contributed by atoms with Gasteiger partial charge in [0.2, 0.25) is 5.91 Å². The Labute approximate surface area is 229 Å². The van der Waals surface area contributed by atoms with E-state index in [4.69, 9.17) is 4.74 Å². The molecule has 0 saturated carbocycles. The van der Waals surface area contributed by atoms with Gasteiger partial charge in [-0.1, -0.05) is 25.1 Å². The summed E-state index contributed by atoms with van der Waals surface area (Å²) in [4.78, 5) is 34.0. The lowest BCUT2D eigenvalue weighted by Crippen LogP contribution is -2.47. The molecule has 0 spiro atoms. The fourth-order valence-electron chi connectivity index (χ4n) is 4.71. The summed E-state index contributed by atoms with van der Waals surface area (Å²) in [5, 5.41) is 15.5. The number of urea groups is 1. The average Bonchev–Trinajstić information content (AvgIpc) is 2.97. The number of carbonyl (C=O) groups is 2. The molecule has 9 nitrogen and oxygen atoms in total. The van der Waals surface area contributed by atoms with Crippen LogP contribution in [0.25, 0.3) is 0 Å². The topological polar surface area (TPSA) is 107 Å². The van der Waals surface area contributed by atoms with Crippen molar-refractivity contribution in [2.24, 2.45) is 5.92 Å².